The van der Waals surface area contributed by atoms with E-state index in [4.69, 9.17) is 5.26 Å². The molecule has 2 aromatic rings. The second-order valence-electron chi connectivity index (χ2n) is 4.75. The number of benzene rings is 2. The van der Waals surface area contributed by atoms with E-state index in [1.807, 2.05) is 48.5 Å². The molecule has 2 heteroatoms. The molecule has 0 fully saturated rings. The molecule has 2 aromatic carbocycles. The summed E-state index contributed by atoms with van der Waals surface area (Å²) < 4.78 is 0. The van der Waals surface area contributed by atoms with E-state index in [9.17, 15) is 4.79 Å². The van der Waals surface area contributed by atoms with Crippen molar-refractivity contribution < 1.29 is 4.79 Å². The van der Waals surface area contributed by atoms with Gasteiger partial charge in [-0.3, -0.25) is 4.79 Å². The van der Waals surface area contributed by atoms with Crippen LogP contribution in [0.2, 0.25) is 0 Å². The maximum Gasteiger partial charge on any atom is 0.193 e. The van der Waals surface area contributed by atoms with Gasteiger partial charge in [0.2, 0.25) is 0 Å². The smallest absolute Gasteiger partial charge is 0.193 e. The van der Waals surface area contributed by atoms with Crippen molar-refractivity contribution >= 4 is 6.29 Å². The van der Waals surface area contributed by atoms with E-state index in [1.54, 1.807) is 0 Å². The summed E-state index contributed by atoms with van der Waals surface area (Å²) in [4.78, 5) is 9.94. The number of rotatable bonds is 2. The highest BCUT2D eigenvalue weighted by molar-refractivity contribution is 5.73. The van der Waals surface area contributed by atoms with Gasteiger partial charge in [0, 0.05) is 5.56 Å². The molecule has 0 unspecified atom stereocenters. The van der Waals surface area contributed by atoms with E-state index in [0.717, 1.165) is 22.3 Å². The highest BCUT2D eigenvalue weighted by Gasteiger charge is 1.98. The third-order valence-electron chi connectivity index (χ3n) is 3.11. The maximum atomic E-state index is 9.94. The quantitative estimate of drug-likeness (QED) is 0.631. The Morgan fingerprint density at radius 3 is 1.92 bits per heavy atom. The lowest BCUT2D eigenvalue weighted by Crippen LogP contribution is -1.83. The second kappa shape index (κ2) is 9.78. The predicted octanol–water partition coefficient (Wildman–Crippen LogP) is 2.98. The molecule has 0 amide bonds. The molecular weight excluding hydrogens is 306 g/mol. The van der Waals surface area contributed by atoms with Crippen LogP contribution in [0.15, 0.2) is 48.5 Å². The zero-order valence-corrected chi connectivity index (χ0v) is 13.3. The van der Waals surface area contributed by atoms with Gasteiger partial charge in [-0.2, -0.15) is 5.26 Å². The van der Waals surface area contributed by atoms with E-state index >= 15 is 0 Å². The van der Waals surface area contributed by atoms with Crippen molar-refractivity contribution in [2.45, 2.75) is 6.42 Å². The Morgan fingerprint density at radius 2 is 1.32 bits per heavy atom. The fourth-order valence-electron chi connectivity index (χ4n) is 1.95. The van der Waals surface area contributed by atoms with Crippen molar-refractivity contribution in [1.82, 2.24) is 0 Å². The van der Waals surface area contributed by atoms with E-state index < -0.39 is 0 Å². The monoisotopic (exact) mass is 317 g/mol. The Labute approximate surface area is 147 Å². The fourth-order valence-corrected chi connectivity index (χ4v) is 1.95. The van der Waals surface area contributed by atoms with Crippen molar-refractivity contribution in [1.29, 1.82) is 5.26 Å². The van der Waals surface area contributed by atoms with Crippen LogP contribution in [-0.2, 0) is 11.2 Å². The lowest BCUT2D eigenvalue weighted by Gasteiger charge is -2.02. The summed E-state index contributed by atoms with van der Waals surface area (Å²) in [5.74, 6) is 20.2. The molecule has 0 atom stereocenters. The molecule has 0 N–H and O–H groups in total. The Kier molecular flexibility index (Phi) is 6.72. The van der Waals surface area contributed by atoms with E-state index in [1.165, 1.54) is 0 Å². The summed E-state index contributed by atoms with van der Waals surface area (Å²) in [6.07, 6.45) is 0.899. The molecule has 114 valence electrons. The lowest BCUT2D eigenvalue weighted by atomic mass is 10.0. The van der Waals surface area contributed by atoms with Crippen LogP contribution in [0.3, 0.4) is 0 Å². The molecule has 0 spiro atoms. The Morgan fingerprint density at radius 1 is 0.760 bits per heavy atom. The van der Waals surface area contributed by atoms with Gasteiger partial charge in [0.05, 0.1) is 12.5 Å². The van der Waals surface area contributed by atoms with Gasteiger partial charge in [-0.05, 0) is 70.3 Å². The molecule has 0 saturated heterocycles. The van der Waals surface area contributed by atoms with Gasteiger partial charge in [0.25, 0.3) is 0 Å². The first-order valence-corrected chi connectivity index (χ1v) is 7.35. The number of carbonyl (C=O) groups is 1. The topological polar surface area (TPSA) is 40.9 Å². The van der Waals surface area contributed by atoms with Crippen LogP contribution >= 0.6 is 0 Å². The number of nitriles is 1. The fraction of sp³-hybridized carbons (Fsp3) is 0.0435. The molecule has 0 radical (unpaired) electrons. The highest BCUT2D eigenvalue weighted by Crippen LogP contribution is 2.20. The molecule has 0 bridgehead atoms. The van der Waals surface area contributed by atoms with Gasteiger partial charge in [0.15, 0.2) is 6.29 Å². The van der Waals surface area contributed by atoms with Crippen molar-refractivity contribution in [3.05, 3.63) is 59.7 Å². The van der Waals surface area contributed by atoms with Gasteiger partial charge < -0.3 is 0 Å². The largest absolute Gasteiger partial charge is 0.289 e. The predicted molar refractivity (Wildman–Crippen MR) is 97.5 cm³/mol. The Hall–Kier alpha value is -4.16. The zero-order valence-electron chi connectivity index (χ0n) is 13.3. The standard InChI is InChI=1S/C23H11NO/c24-18-17-21-11-15-23(16-12-21)22-13-9-20(10-14-22)8-6-4-2-1-3-5-7-19-25/h9-16,19H,17H2. The van der Waals surface area contributed by atoms with Crippen LogP contribution in [0, 0.1) is 58.7 Å². The number of aldehydes is 1. The molecule has 0 heterocycles. The summed E-state index contributed by atoms with van der Waals surface area (Å²) in [5, 5.41) is 8.69. The molecule has 0 aromatic heterocycles. The third kappa shape index (κ3) is 5.85. The van der Waals surface area contributed by atoms with Crippen LogP contribution in [0.4, 0.5) is 0 Å². The Balaban J connectivity index is 2.04. The number of hydrogen-bond acceptors (Lipinski definition) is 2. The second-order valence-corrected chi connectivity index (χ2v) is 4.75. The minimum absolute atomic E-state index is 0.421. The van der Waals surface area contributed by atoms with Crippen molar-refractivity contribution in [2.24, 2.45) is 0 Å². The number of carbonyl (C=O) groups excluding carboxylic acids is 1. The summed E-state index contributed by atoms with van der Waals surface area (Å²) in [6, 6.07) is 17.9. The van der Waals surface area contributed by atoms with Gasteiger partial charge in [-0.1, -0.05) is 42.3 Å². The van der Waals surface area contributed by atoms with Gasteiger partial charge in [-0.15, -0.1) is 0 Å². The molecule has 0 saturated carbocycles. The molecule has 25 heavy (non-hydrogen) atoms. The van der Waals surface area contributed by atoms with Crippen LogP contribution in [0.1, 0.15) is 11.1 Å². The minimum atomic E-state index is 0.421. The minimum Gasteiger partial charge on any atom is -0.289 e. The van der Waals surface area contributed by atoms with E-state index in [0.29, 0.717) is 12.7 Å². The molecule has 0 aliphatic carbocycles. The summed E-state index contributed by atoms with van der Waals surface area (Å²) in [6.45, 7) is 0. The average molecular weight is 317 g/mol. The first-order valence-electron chi connectivity index (χ1n) is 7.35. The first-order chi connectivity index (χ1) is 12.3. The van der Waals surface area contributed by atoms with Crippen molar-refractivity contribution in [2.75, 3.05) is 0 Å². The number of hydrogen-bond donors (Lipinski definition) is 0. The van der Waals surface area contributed by atoms with Crippen molar-refractivity contribution in [3.8, 4) is 64.6 Å². The van der Waals surface area contributed by atoms with Gasteiger partial charge in [0.1, 0.15) is 0 Å². The molecule has 2 nitrogen and oxygen atoms in total. The zero-order chi connectivity index (χ0) is 17.7. The maximum absolute atomic E-state index is 9.94. The van der Waals surface area contributed by atoms with E-state index in [2.05, 4.69) is 53.4 Å². The van der Waals surface area contributed by atoms with Crippen molar-refractivity contribution in [3.63, 3.8) is 0 Å². The third-order valence-corrected chi connectivity index (χ3v) is 3.11. The normalized spacial score (nSPS) is 7.80. The summed E-state index contributed by atoms with van der Waals surface area (Å²) in [5.41, 5.74) is 4.04. The van der Waals surface area contributed by atoms with Crippen LogP contribution in [0.25, 0.3) is 11.1 Å². The van der Waals surface area contributed by atoms with Crippen LogP contribution in [-0.4, -0.2) is 6.29 Å². The first kappa shape index (κ1) is 17.2. The molecular formula is C23H11NO. The van der Waals surface area contributed by atoms with E-state index in [-0.39, 0.29) is 0 Å². The molecule has 2 rings (SSSR count). The number of nitrogens with zero attached hydrogens (tertiary/aromatic N) is 1. The highest BCUT2D eigenvalue weighted by atomic mass is 16.1. The van der Waals surface area contributed by atoms with Gasteiger partial charge >= 0.3 is 0 Å². The van der Waals surface area contributed by atoms with Crippen LogP contribution < -0.4 is 0 Å². The summed E-state index contributed by atoms with van der Waals surface area (Å²) in [7, 11) is 0. The molecule has 0 aliphatic rings. The van der Waals surface area contributed by atoms with Gasteiger partial charge in [-0.25, -0.2) is 0 Å². The van der Waals surface area contributed by atoms with Crippen LogP contribution in [0.5, 0.6) is 0 Å². The lowest BCUT2D eigenvalue weighted by molar-refractivity contribution is -0.103. The Bertz CT molecular complexity index is 1040. The SMILES string of the molecule is N#CCc1ccc(-c2ccc(C#CC#CC#CC#CC=O)cc2)cc1. The summed E-state index contributed by atoms with van der Waals surface area (Å²) >= 11 is 0. The average Bonchev–Trinajstić information content (AvgIpc) is 2.65. The molecule has 0 aliphatic heterocycles.